The second kappa shape index (κ2) is 6.04. The molecule has 0 aliphatic heterocycles. The Hall–Kier alpha value is -0.580. The zero-order valence-electron chi connectivity index (χ0n) is 8.59. The summed E-state index contributed by atoms with van der Waals surface area (Å²) in [6, 6.07) is 1.39. The lowest BCUT2D eigenvalue weighted by molar-refractivity contribution is -0.275. The third-order valence-corrected chi connectivity index (χ3v) is 3.10. The van der Waals surface area contributed by atoms with Gasteiger partial charge in [0.2, 0.25) is 0 Å². The molecule has 0 unspecified atom stereocenters. The average molecular weight is 440 g/mol. The molecule has 4 nitrogen and oxygen atoms in total. The quantitative estimate of drug-likeness (QED) is 0.578. The maximum Gasteiger partial charge on any atom is 0.573 e. The summed E-state index contributed by atoms with van der Waals surface area (Å²) in [6.07, 6.45) is -5.52. The molecule has 0 saturated heterocycles. The van der Waals surface area contributed by atoms with Gasteiger partial charge in [0.1, 0.15) is 0 Å². The van der Waals surface area contributed by atoms with Crippen molar-refractivity contribution >= 4 is 44.5 Å². The van der Waals surface area contributed by atoms with Gasteiger partial charge in [0, 0.05) is 5.33 Å². The predicted molar refractivity (Wildman–Crippen MR) is 67.6 cm³/mol. The maximum absolute atomic E-state index is 12.2. The fraction of sp³-hybridized carbons (Fsp3) is 0.333. The number of hydrogen-bond acceptors (Lipinski definition) is 3. The number of carbonyl (C=O) groups is 1. The number of carboxylic acids is 1. The van der Waals surface area contributed by atoms with E-state index in [0.717, 1.165) is 0 Å². The summed E-state index contributed by atoms with van der Waals surface area (Å²) < 4.78 is 40.6. The Morgan fingerprint density at radius 1 is 1.56 bits per heavy atom. The lowest BCUT2D eigenvalue weighted by atomic mass is 10.2. The number of ether oxygens (including phenoxy) is 1. The van der Waals surface area contributed by atoms with Crippen LogP contribution in [0, 0.1) is 3.57 Å². The Bertz CT molecular complexity index is 467. The summed E-state index contributed by atoms with van der Waals surface area (Å²) in [5.74, 6) is -1.84. The number of rotatable bonds is 4. The molecule has 1 aromatic rings. The standard InChI is InChI=1S/C9H6BrF3INO3/c10-3-4-1-5(14)8(18-9(11,12)13)6(15-4)2-7(16)17/h1H,2-3H2,(H,16,17). The molecule has 0 bridgehead atoms. The summed E-state index contributed by atoms with van der Waals surface area (Å²) in [5.41, 5.74) is 0.186. The SMILES string of the molecule is O=C(O)Cc1nc(CBr)cc(I)c1OC(F)(F)F. The van der Waals surface area contributed by atoms with Crippen LogP contribution in [-0.4, -0.2) is 22.4 Å². The fourth-order valence-corrected chi connectivity index (χ4v) is 2.23. The van der Waals surface area contributed by atoms with Crippen LogP contribution in [0.25, 0.3) is 0 Å². The monoisotopic (exact) mass is 439 g/mol. The fourth-order valence-electron chi connectivity index (χ4n) is 1.16. The summed E-state index contributed by atoms with van der Waals surface area (Å²) >= 11 is 4.74. The molecule has 0 saturated carbocycles. The van der Waals surface area contributed by atoms with Gasteiger partial charge >= 0.3 is 12.3 Å². The van der Waals surface area contributed by atoms with Crippen molar-refractivity contribution in [2.45, 2.75) is 18.1 Å². The highest BCUT2D eigenvalue weighted by Gasteiger charge is 2.34. The van der Waals surface area contributed by atoms with Crippen LogP contribution in [0.4, 0.5) is 13.2 Å². The smallest absolute Gasteiger partial charge is 0.481 e. The number of aliphatic carboxylic acids is 1. The number of nitrogens with zero attached hydrogens (tertiary/aromatic N) is 1. The van der Waals surface area contributed by atoms with Crippen molar-refractivity contribution in [1.82, 2.24) is 4.98 Å². The minimum Gasteiger partial charge on any atom is -0.481 e. The Morgan fingerprint density at radius 2 is 2.17 bits per heavy atom. The average Bonchev–Trinajstić information content (AvgIpc) is 2.20. The van der Waals surface area contributed by atoms with E-state index in [-0.39, 0.29) is 9.26 Å². The van der Waals surface area contributed by atoms with Gasteiger partial charge in [0.25, 0.3) is 0 Å². The molecule has 1 rings (SSSR count). The zero-order valence-corrected chi connectivity index (χ0v) is 12.3. The van der Waals surface area contributed by atoms with Gasteiger partial charge < -0.3 is 9.84 Å². The third-order valence-electron chi connectivity index (χ3n) is 1.72. The molecule has 0 fully saturated rings. The van der Waals surface area contributed by atoms with E-state index in [1.165, 1.54) is 6.07 Å². The van der Waals surface area contributed by atoms with E-state index in [9.17, 15) is 18.0 Å². The molecule has 0 spiro atoms. The van der Waals surface area contributed by atoms with E-state index in [0.29, 0.717) is 11.0 Å². The first-order chi connectivity index (χ1) is 8.23. The van der Waals surface area contributed by atoms with Crippen LogP contribution in [0.2, 0.25) is 0 Å². The van der Waals surface area contributed by atoms with E-state index in [1.807, 2.05) is 0 Å². The highest BCUT2D eigenvalue weighted by Crippen LogP contribution is 2.31. The predicted octanol–water partition coefficient (Wildman–Crippen LogP) is 3.11. The number of halogens is 5. The molecule has 0 radical (unpaired) electrons. The molecular formula is C9H6BrF3INO3. The van der Waals surface area contributed by atoms with Crippen molar-refractivity contribution in [2.75, 3.05) is 0 Å². The van der Waals surface area contributed by atoms with Crippen LogP contribution in [0.15, 0.2) is 6.07 Å². The van der Waals surface area contributed by atoms with Crippen molar-refractivity contribution in [1.29, 1.82) is 0 Å². The number of aromatic nitrogens is 1. The second-order valence-corrected chi connectivity index (χ2v) is 4.85. The summed E-state index contributed by atoms with van der Waals surface area (Å²) in [4.78, 5) is 14.4. The van der Waals surface area contributed by atoms with E-state index in [4.69, 9.17) is 5.11 Å². The summed E-state index contributed by atoms with van der Waals surface area (Å²) in [7, 11) is 0. The Kier molecular flexibility index (Phi) is 5.20. The first-order valence-electron chi connectivity index (χ1n) is 4.44. The molecule has 0 aliphatic carbocycles. The Balaban J connectivity index is 3.24. The van der Waals surface area contributed by atoms with Gasteiger partial charge in [-0.05, 0) is 28.7 Å². The van der Waals surface area contributed by atoms with Gasteiger partial charge in [0.05, 0.1) is 21.4 Å². The molecule has 1 heterocycles. The maximum atomic E-state index is 12.2. The number of pyridine rings is 1. The topological polar surface area (TPSA) is 59.4 Å². The number of alkyl halides is 4. The van der Waals surface area contributed by atoms with Gasteiger partial charge in [-0.15, -0.1) is 13.2 Å². The van der Waals surface area contributed by atoms with E-state index < -0.39 is 24.5 Å². The minimum absolute atomic E-state index is 0.158. The van der Waals surface area contributed by atoms with Gasteiger partial charge in [-0.1, -0.05) is 15.9 Å². The van der Waals surface area contributed by atoms with E-state index in [2.05, 4.69) is 25.7 Å². The lowest BCUT2D eigenvalue weighted by Crippen LogP contribution is -2.20. The summed E-state index contributed by atoms with van der Waals surface area (Å²) in [6.45, 7) is 0. The van der Waals surface area contributed by atoms with E-state index >= 15 is 0 Å². The van der Waals surface area contributed by atoms with Crippen LogP contribution in [0.1, 0.15) is 11.4 Å². The Labute approximate surface area is 122 Å². The van der Waals surface area contributed by atoms with Crippen molar-refractivity contribution < 1.29 is 27.8 Å². The van der Waals surface area contributed by atoms with Crippen molar-refractivity contribution in [2.24, 2.45) is 0 Å². The van der Waals surface area contributed by atoms with Crippen molar-refractivity contribution in [3.63, 3.8) is 0 Å². The van der Waals surface area contributed by atoms with Crippen LogP contribution < -0.4 is 4.74 Å². The molecule has 100 valence electrons. The molecule has 0 aromatic carbocycles. The highest BCUT2D eigenvalue weighted by molar-refractivity contribution is 14.1. The molecule has 0 atom stereocenters. The largest absolute Gasteiger partial charge is 0.573 e. The van der Waals surface area contributed by atoms with Crippen LogP contribution >= 0.6 is 38.5 Å². The van der Waals surface area contributed by atoms with Crippen molar-refractivity contribution in [3.05, 3.63) is 21.0 Å². The molecule has 1 N–H and O–H groups in total. The van der Waals surface area contributed by atoms with E-state index in [1.54, 1.807) is 22.6 Å². The Morgan fingerprint density at radius 3 is 2.61 bits per heavy atom. The normalized spacial score (nSPS) is 11.4. The van der Waals surface area contributed by atoms with Gasteiger partial charge in [0.15, 0.2) is 5.75 Å². The molecular weight excluding hydrogens is 434 g/mol. The molecule has 0 amide bonds. The lowest BCUT2D eigenvalue weighted by Gasteiger charge is -2.14. The van der Waals surface area contributed by atoms with Gasteiger partial charge in [-0.3, -0.25) is 9.78 Å². The minimum atomic E-state index is -4.88. The van der Waals surface area contributed by atoms with Crippen LogP contribution in [0.5, 0.6) is 5.75 Å². The first kappa shape index (κ1) is 15.5. The highest BCUT2D eigenvalue weighted by atomic mass is 127. The molecule has 18 heavy (non-hydrogen) atoms. The van der Waals surface area contributed by atoms with Crippen LogP contribution in [0.3, 0.4) is 0 Å². The number of carboxylic acid groups (broad SMARTS) is 1. The molecule has 9 heteroatoms. The van der Waals surface area contributed by atoms with Gasteiger partial charge in [-0.25, -0.2) is 0 Å². The third kappa shape index (κ3) is 4.59. The van der Waals surface area contributed by atoms with Gasteiger partial charge in [-0.2, -0.15) is 0 Å². The molecule has 0 aliphatic rings. The first-order valence-corrected chi connectivity index (χ1v) is 6.64. The zero-order chi connectivity index (χ0) is 13.9. The molecule has 1 aromatic heterocycles. The summed E-state index contributed by atoms with van der Waals surface area (Å²) in [5, 5.41) is 8.96. The van der Waals surface area contributed by atoms with Crippen LogP contribution in [-0.2, 0) is 16.5 Å². The van der Waals surface area contributed by atoms with Crippen molar-refractivity contribution in [3.8, 4) is 5.75 Å². The number of hydrogen-bond donors (Lipinski definition) is 1. The second-order valence-electron chi connectivity index (χ2n) is 3.12.